The van der Waals surface area contributed by atoms with Crippen molar-refractivity contribution < 1.29 is 13.6 Å². The van der Waals surface area contributed by atoms with Crippen molar-refractivity contribution in [1.29, 1.82) is 0 Å². The molecule has 0 aromatic rings. The Hall–Kier alpha value is -0.393. The lowest BCUT2D eigenvalue weighted by Crippen LogP contribution is -2.39. The summed E-state index contributed by atoms with van der Waals surface area (Å²) in [5, 5.41) is 0. The second-order valence-electron chi connectivity index (χ2n) is 9.05. The van der Waals surface area contributed by atoms with Gasteiger partial charge in [-0.05, 0) is 37.9 Å². The maximum Gasteiger partial charge on any atom is 0.628 e. The SMILES string of the molecule is CCCCCCCCCCC=CO[Si](O)(CCCS)OC=CCCCCCCCCCC. The normalized spacial score (nSPS) is 13.8. The lowest BCUT2D eigenvalue weighted by Gasteiger charge is -2.21. The van der Waals surface area contributed by atoms with Crippen LogP contribution in [0.3, 0.4) is 0 Å². The average Bonchev–Trinajstić information content (AvgIpc) is 2.80. The highest BCUT2D eigenvalue weighted by Gasteiger charge is 2.38. The van der Waals surface area contributed by atoms with Gasteiger partial charge in [-0.2, -0.15) is 12.6 Å². The van der Waals surface area contributed by atoms with Crippen LogP contribution in [0.15, 0.2) is 24.7 Å². The fourth-order valence-electron chi connectivity index (χ4n) is 3.69. The van der Waals surface area contributed by atoms with Crippen molar-refractivity contribution in [1.82, 2.24) is 0 Å². The molecule has 0 radical (unpaired) electrons. The minimum absolute atomic E-state index is 0.542. The number of rotatable bonds is 25. The molecule has 0 aromatic carbocycles. The molecule has 0 aliphatic carbocycles. The van der Waals surface area contributed by atoms with Gasteiger partial charge in [-0.15, -0.1) is 0 Å². The highest BCUT2D eigenvalue weighted by Crippen LogP contribution is 2.16. The molecule has 0 saturated heterocycles. The van der Waals surface area contributed by atoms with E-state index in [1.54, 1.807) is 12.5 Å². The first kappa shape index (κ1) is 31.6. The molecular weight excluding hydrogens is 432 g/mol. The number of thiol groups is 1. The van der Waals surface area contributed by atoms with Crippen LogP contribution in [0.5, 0.6) is 0 Å². The lowest BCUT2D eigenvalue weighted by molar-refractivity contribution is 0.193. The summed E-state index contributed by atoms with van der Waals surface area (Å²) >= 11 is 4.26. The largest absolute Gasteiger partial charge is 0.628 e. The van der Waals surface area contributed by atoms with Crippen molar-refractivity contribution >= 4 is 21.4 Å². The maximum absolute atomic E-state index is 10.8. The molecule has 0 aromatic heterocycles. The van der Waals surface area contributed by atoms with Gasteiger partial charge in [0.15, 0.2) is 0 Å². The lowest BCUT2D eigenvalue weighted by atomic mass is 10.1. The molecule has 0 bridgehead atoms. The van der Waals surface area contributed by atoms with Crippen molar-refractivity contribution in [3.63, 3.8) is 0 Å². The van der Waals surface area contributed by atoms with Gasteiger partial charge in [0, 0.05) is 6.04 Å². The molecule has 3 nitrogen and oxygen atoms in total. The molecule has 0 aliphatic rings. The third-order valence-corrected chi connectivity index (χ3v) is 8.11. The van der Waals surface area contributed by atoms with E-state index in [1.807, 2.05) is 12.2 Å². The molecule has 190 valence electrons. The Morgan fingerprint density at radius 2 is 0.969 bits per heavy atom. The first-order chi connectivity index (χ1) is 15.7. The Balaban J connectivity index is 3.91. The molecule has 1 N–H and O–H groups in total. The summed E-state index contributed by atoms with van der Waals surface area (Å²) in [6, 6.07) is 0.542. The molecular formula is C27H54O3SSi. The highest BCUT2D eigenvalue weighted by molar-refractivity contribution is 7.80. The van der Waals surface area contributed by atoms with Crippen LogP contribution in [0.1, 0.15) is 136 Å². The summed E-state index contributed by atoms with van der Waals surface area (Å²) in [6.07, 6.45) is 31.4. The molecule has 0 heterocycles. The smallest absolute Gasteiger partial charge is 0.499 e. The molecule has 0 fully saturated rings. The van der Waals surface area contributed by atoms with Crippen LogP contribution in [0.25, 0.3) is 0 Å². The topological polar surface area (TPSA) is 38.7 Å². The van der Waals surface area contributed by atoms with E-state index < -0.39 is 8.80 Å². The number of hydrogen-bond acceptors (Lipinski definition) is 4. The second-order valence-corrected chi connectivity index (χ2v) is 11.9. The van der Waals surface area contributed by atoms with Crippen LogP contribution >= 0.6 is 12.6 Å². The Morgan fingerprint density at radius 3 is 1.34 bits per heavy atom. The van der Waals surface area contributed by atoms with E-state index in [0.29, 0.717) is 6.04 Å². The summed E-state index contributed by atoms with van der Waals surface area (Å²) in [4.78, 5) is 10.8. The summed E-state index contributed by atoms with van der Waals surface area (Å²) < 4.78 is 11.4. The first-order valence-electron chi connectivity index (χ1n) is 13.7. The van der Waals surface area contributed by atoms with Crippen molar-refractivity contribution in [3.8, 4) is 0 Å². The number of allylic oxidation sites excluding steroid dienone is 2. The predicted molar refractivity (Wildman–Crippen MR) is 146 cm³/mol. The van der Waals surface area contributed by atoms with Gasteiger partial charge in [0.2, 0.25) is 0 Å². The third kappa shape index (κ3) is 22.8. The molecule has 0 aliphatic heterocycles. The molecule has 0 saturated carbocycles. The zero-order valence-corrected chi connectivity index (χ0v) is 23.3. The zero-order chi connectivity index (χ0) is 23.6. The zero-order valence-electron chi connectivity index (χ0n) is 21.4. The van der Waals surface area contributed by atoms with Gasteiger partial charge >= 0.3 is 8.80 Å². The molecule has 0 amide bonds. The Kier molecular flexibility index (Phi) is 24.9. The standard InChI is InChI=1S/C27H54O3SSi/c1-3-5-7-9-11-13-15-17-19-21-24-29-32(28,27-23-26-31)30-25-22-20-18-16-14-12-10-8-6-4-2/h21-22,24-25,28,31H,3-20,23,26-27H2,1-2H3. The molecule has 0 rings (SSSR count). The van der Waals surface area contributed by atoms with E-state index in [9.17, 15) is 4.80 Å². The minimum atomic E-state index is -3.18. The number of unbranched alkanes of at least 4 members (excludes halogenated alkanes) is 16. The van der Waals surface area contributed by atoms with Gasteiger partial charge < -0.3 is 13.6 Å². The summed E-state index contributed by atoms with van der Waals surface area (Å²) in [6.45, 7) is 4.52. The third-order valence-electron chi connectivity index (χ3n) is 5.80. The Labute approximate surface area is 207 Å². The fourth-order valence-corrected chi connectivity index (χ4v) is 5.67. The highest BCUT2D eigenvalue weighted by atomic mass is 32.1. The van der Waals surface area contributed by atoms with E-state index in [1.165, 1.54) is 103 Å². The summed E-state index contributed by atoms with van der Waals surface area (Å²) in [5.41, 5.74) is 0. The van der Waals surface area contributed by atoms with E-state index >= 15 is 0 Å². The average molecular weight is 487 g/mol. The Morgan fingerprint density at radius 1 is 0.594 bits per heavy atom. The molecule has 0 spiro atoms. The molecule has 32 heavy (non-hydrogen) atoms. The van der Waals surface area contributed by atoms with Crippen LogP contribution in [-0.2, 0) is 8.85 Å². The molecule has 0 unspecified atom stereocenters. The second kappa shape index (κ2) is 25.2. The first-order valence-corrected chi connectivity index (χ1v) is 16.3. The summed E-state index contributed by atoms with van der Waals surface area (Å²) in [5.74, 6) is 0.728. The molecule has 5 heteroatoms. The van der Waals surface area contributed by atoms with Crippen molar-refractivity contribution in [2.24, 2.45) is 0 Å². The predicted octanol–water partition coefficient (Wildman–Crippen LogP) is 9.36. The van der Waals surface area contributed by atoms with Crippen LogP contribution in [0.2, 0.25) is 6.04 Å². The van der Waals surface area contributed by atoms with Crippen molar-refractivity contribution in [2.45, 2.75) is 142 Å². The van der Waals surface area contributed by atoms with E-state index in [-0.39, 0.29) is 0 Å². The van der Waals surface area contributed by atoms with E-state index in [0.717, 1.165) is 25.0 Å². The number of hydrogen-bond donors (Lipinski definition) is 2. The van der Waals surface area contributed by atoms with Gasteiger partial charge in [-0.25, -0.2) is 0 Å². The van der Waals surface area contributed by atoms with Crippen molar-refractivity contribution in [2.75, 3.05) is 5.75 Å². The van der Waals surface area contributed by atoms with E-state index in [4.69, 9.17) is 8.85 Å². The van der Waals surface area contributed by atoms with Gasteiger partial charge in [0.05, 0.1) is 12.5 Å². The van der Waals surface area contributed by atoms with Crippen LogP contribution in [-0.4, -0.2) is 19.4 Å². The minimum Gasteiger partial charge on any atom is -0.499 e. The van der Waals surface area contributed by atoms with Crippen LogP contribution in [0, 0.1) is 0 Å². The van der Waals surface area contributed by atoms with Gasteiger partial charge in [0.1, 0.15) is 0 Å². The van der Waals surface area contributed by atoms with Crippen molar-refractivity contribution in [3.05, 3.63) is 24.7 Å². The fraction of sp³-hybridized carbons (Fsp3) is 0.852. The van der Waals surface area contributed by atoms with Gasteiger partial charge in [-0.1, -0.05) is 116 Å². The van der Waals surface area contributed by atoms with Gasteiger partial charge in [-0.3, -0.25) is 0 Å². The quantitative estimate of drug-likeness (QED) is 0.0584. The Bertz CT molecular complexity index is 397. The van der Waals surface area contributed by atoms with Crippen LogP contribution < -0.4 is 0 Å². The summed E-state index contributed by atoms with van der Waals surface area (Å²) in [7, 11) is -3.18. The van der Waals surface area contributed by atoms with Crippen LogP contribution in [0.4, 0.5) is 0 Å². The monoisotopic (exact) mass is 486 g/mol. The maximum atomic E-state index is 10.8. The molecule has 0 atom stereocenters. The van der Waals surface area contributed by atoms with E-state index in [2.05, 4.69) is 26.5 Å². The van der Waals surface area contributed by atoms with Gasteiger partial charge in [0.25, 0.3) is 0 Å².